The van der Waals surface area contributed by atoms with E-state index >= 15 is 0 Å². The van der Waals surface area contributed by atoms with Crippen LogP contribution in [0.15, 0.2) is 16.9 Å². The van der Waals surface area contributed by atoms with Gasteiger partial charge in [0, 0.05) is 36.6 Å². The molecule has 1 N–H and O–H groups in total. The highest BCUT2D eigenvalue weighted by atomic mass is 79.9. The maximum atomic E-state index is 12.4. The Morgan fingerprint density at radius 1 is 1.19 bits per heavy atom. The number of rotatable bonds is 5. The first-order valence-electron chi connectivity index (χ1n) is 9.03. The second-order valence-corrected chi connectivity index (χ2v) is 17.3. The van der Waals surface area contributed by atoms with Gasteiger partial charge in [0.15, 0.2) is 14.1 Å². The molecule has 1 saturated carbocycles. The van der Waals surface area contributed by atoms with Crippen molar-refractivity contribution in [3.63, 3.8) is 0 Å². The zero-order valence-corrected chi connectivity index (χ0v) is 20.5. The lowest BCUT2D eigenvalue weighted by Gasteiger charge is -2.52. The van der Waals surface area contributed by atoms with Gasteiger partial charge < -0.3 is 8.98 Å². The Balaban J connectivity index is 2.22. The quantitative estimate of drug-likeness (QED) is 0.509. The number of hydrogen-bond donors (Lipinski definition) is 1. The summed E-state index contributed by atoms with van der Waals surface area (Å²) in [5.41, 5.74) is -0.497. The van der Waals surface area contributed by atoms with Gasteiger partial charge in [0.05, 0.1) is 10.5 Å². The summed E-state index contributed by atoms with van der Waals surface area (Å²) in [5, 5.41) is 0.0993. The standard InChI is InChI=1S/C18H32BrN3O2SSi/c1-16(2,3)25(23)22-14-9-18(10-14,15-20-11-13(19)12-21-15)24-26(7,8)17(4,5)6/h11-12,14,22H,9-10H2,1-8H3/t14?,18?,25-/m1/s1. The molecule has 26 heavy (non-hydrogen) atoms. The summed E-state index contributed by atoms with van der Waals surface area (Å²) in [5.74, 6) is 0.727. The van der Waals surface area contributed by atoms with Crippen LogP contribution in [-0.4, -0.2) is 33.6 Å². The van der Waals surface area contributed by atoms with Gasteiger partial charge >= 0.3 is 0 Å². The van der Waals surface area contributed by atoms with Crippen molar-refractivity contribution in [2.24, 2.45) is 0 Å². The third-order valence-corrected chi connectivity index (χ3v) is 11.8. The van der Waals surface area contributed by atoms with Crippen LogP contribution in [0.5, 0.6) is 0 Å². The Bertz CT molecular complexity index is 623. The summed E-state index contributed by atoms with van der Waals surface area (Å²) in [6, 6.07) is 0.145. The molecule has 0 spiro atoms. The normalized spacial score (nSPS) is 25.7. The van der Waals surface area contributed by atoms with Crippen LogP contribution in [0.2, 0.25) is 18.1 Å². The SMILES string of the molecule is CC(C)(C)[S@@+]([O-])NC1CC(O[Si](C)(C)C(C)(C)C)(c2ncc(Br)cn2)C1. The van der Waals surface area contributed by atoms with Crippen molar-refractivity contribution < 1.29 is 8.98 Å². The molecule has 2 rings (SSSR count). The summed E-state index contributed by atoms with van der Waals surface area (Å²) in [7, 11) is -2.01. The van der Waals surface area contributed by atoms with E-state index in [4.69, 9.17) is 4.43 Å². The van der Waals surface area contributed by atoms with E-state index in [1.165, 1.54) is 0 Å². The molecule has 0 aliphatic heterocycles. The highest BCUT2D eigenvalue weighted by molar-refractivity contribution is 9.10. The molecular weight excluding hydrogens is 430 g/mol. The monoisotopic (exact) mass is 461 g/mol. The van der Waals surface area contributed by atoms with Gasteiger partial charge in [0.1, 0.15) is 10.3 Å². The summed E-state index contributed by atoms with van der Waals surface area (Å²) in [4.78, 5) is 9.07. The predicted octanol–water partition coefficient (Wildman–Crippen LogP) is 4.67. The molecule has 1 atom stereocenters. The zero-order chi connectivity index (χ0) is 20.0. The van der Waals surface area contributed by atoms with Crippen LogP contribution >= 0.6 is 15.9 Å². The van der Waals surface area contributed by atoms with Crippen LogP contribution in [0.1, 0.15) is 60.2 Å². The van der Waals surface area contributed by atoms with Crippen molar-refractivity contribution in [1.29, 1.82) is 0 Å². The summed E-state index contributed by atoms with van der Waals surface area (Å²) in [6.07, 6.45) is 5.02. The van der Waals surface area contributed by atoms with Crippen molar-refractivity contribution in [1.82, 2.24) is 14.7 Å². The first-order chi connectivity index (χ1) is 11.7. The highest BCUT2D eigenvalue weighted by Gasteiger charge is 2.55. The topological polar surface area (TPSA) is 70.1 Å². The number of halogens is 1. The Morgan fingerprint density at radius 3 is 2.12 bits per heavy atom. The third-order valence-electron chi connectivity index (χ3n) is 5.27. The van der Waals surface area contributed by atoms with Crippen LogP contribution in [0.4, 0.5) is 0 Å². The molecule has 8 heteroatoms. The van der Waals surface area contributed by atoms with Crippen molar-refractivity contribution in [3.05, 3.63) is 22.7 Å². The van der Waals surface area contributed by atoms with Gasteiger partial charge in [0.2, 0.25) is 0 Å². The lowest BCUT2D eigenvalue weighted by atomic mass is 9.75. The van der Waals surface area contributed by atoms with E-state index in [-0.39, 0.29) is 15.8 Å². The minimum atomic E-state index is -2.01. The van der Waals surface area contributed by atoms with Gasteiger partial charge in [0.25, 0.3) is 0 Å². The van der Waals surface area contributed by atoms with E-state index in [2.05, 4.69) is 64.5 Å². The molecule has 0 aromatic carbocycles. The van der Waals surface area contributed by atoms with E-state index in [0.29, 0.717) is 0 Å². The van der Waals surface area contributed by atoms with Gasteiger partial charge in [-0.2, -0.15) is 0 Å². The van der Waals surface area contributed by atoms with E-state index in [1.807, 2.05) is 20.8 Å². The lowest BCUT2D eigenvalue weighted by Crippen LogP contribution is -2.61. The molecule has 1 heterocycles. The molecule has 1 aliphatic carbocycles. The van der Waals surface area contributed by atoms with Crippen molar-refractivity contribution in [2.45, 2.75) is 88.9 Å². The van der Waals surface area contributed by atoms with Gasteiger partial charge in [-0.3, -0.25) is 0 Å². The number of aromatic nitrogens is 2. The van der Waals surface area contributed by atoms with Crippen molar-refractivity contribution >= 4 is 35.6 Å². The molecule has 0 radical (unpaired) electrons. The fourth-order valence-electron chi connectivity index (χ4n) is 2.65. The van der Waals surface area contributed by atoms with Gasteiger partial charge in [-0.25, -0.2) is 9.97 Å². The van der Waals surface area contributed by atoms with Crippen LogP contribution < -0.4 is 4.72 Å². The van der Waals surface area contributed by atoms with Crippen LogP contribution in [0.3, 0.4) is 0 Å². The predicted molar refractivity (Wildman–Crippen MR) is 114 cm³/mol. The molecule has 0 amide bonds. The Hall–Kier alpha value is 0.00688. The molecular formula is C18H32BrN3O2SSi. The summed E-state index contributed by atoms with van der Waals surface area (Å²) < 4.78 is 23.1. The molecule has 0 unspecified atom stereocenters. The molecule has 1 aromatic heterocycles. The van der Waals surface area contributed by atoms with E-state index < -0.39 is 25.3 Å². The smallest absolute Gasteiger partial charge is 0.193 e. The fraction of sp³-hybridized carbons (Fsp3) is 0.778. The number of hydrogen-bond acceptors (Lipinski definition) is 5. The van der Waals surface area contributed by atoms with Gasteiger partial charge in [-0.15, -0.1) is 4.72 Å². The van der Waals surface area contributed by atoms with Gasteiger partial charge in [-0.05, 0) is 54.8 Å². The maximum absolute atomic E-state index is 12.4. The summed E-state index contributed by atoms with van der Waals surface area (Å²) in [6.45, 7) is 17.1. The van der Waals surface area contributed by atoms with E-state index in [0.717, 1.165) is 23.1 Å². The van der Waals surface area contributed by atoms with Crippen LogP contribution in [-0.2, 0) is 21.4 Å². The molecule has 0 saturated heterocycles. The molecule has 148 valence electrons. The van der Waals surface area contributed by atoms with E-state index in [1.54, 1.807) is 12.4 Å². The van der Waals surface area contributed by atoms with Crippen LogP contribution in [0.25, 0.3) is 0 Å². The summed E-state index contributed by atoms with van der Waals surface area (Å²) >= 11 is 2.31. The van der Waals surface area contributed by atoms with Crippen molar-refractivity contribution in [2.75, 3.05) is 0 Å². The molecule has 0 bridgehead atoms. The lowest BCUT2D eigenvalue weighted by molar-refractivity contribution is -0.0508. The largest absolute Gasteiger partial charge is 0.598 e. The highest BCUT2D eigenvalue weighted by Crippen LogP contribution is 2.50. The minimum Gasteiger partial charge on any atom is -0.598 e. The Kier molecular flexibility index (Phi) is 6.38. The first-order valence-corrected chi connectivity index (χ1v) is 13.9. The second kappa shape index (κ2) is 7.44. The first kappa shape index (κ1) is 22.3. The molecule has 1 aromatic rings. The fourth-order valence-corrected chi connectivity index (χ4v) is 5.22. The van der Waals surface area contributed by atoms with Gasteiger partial charge in [-0.1, -0.05) is 20.8 Å². The van der Waals surface area contributed by atoms with Crippen molar-refractivity contribution in [3.8, 4) is 0 Å². The molecule has 1 fully saturated rings. The number of nitrogens with one attached hydrogen (secondary N) is 1. The zero-order valence-electron chi connectivity index (χ0n) is 17.1. The van der Waals surface area contributed by atoms with Crippen LogP contribution in [0, 0.1) is 0 Å². The average molecular weight is 463 g/mol. The molecule has 5 nitrogen and oxygen atoms in total. The average Bonchev–Trinajstić information content (AvgIpc) is 2.42. The Morgan fingerprint density at radius 2 is 1.69 bits per heavy atom. The Labute approximate surface area is 170 Å². The number of nitrogens with zero attached hydrogens (tertiary/aromatic N) is 2. The maximum Gasteiger partial charge on any atom is 0.193 e. The molecule has 1 aliphatic rings. The minimum absolute atomic E-state index is 0.0993. The second-order valence-electron chi connectivity index (χ2n) is 9.69. The van der Waals surface area contributed by atoms with E-state index in [9.17, 15) is 4.55 Å². The third kappa shape index (κ3) is 4.88.